The molecule has 0 N–H and O–H groups in total. The molecule has 1 aromatic rings. The molecule has 0 amide bonds. The van der Waals surface area contributed by atoms with Crippen molar-refractivity contribution in [1.29, 1.82) is 5.26 Å². The van der Waals surface area contributed by atoms with Crippen molar-refractivity contribution in [3.8, 4) is 6.07 Å². The molecule has 17 heavy (non-hydrogen) atoms. The van der Waals surface area contributed by atoms with Gasteiger partial charge in [-0.15, -0.1) is 0 Å². The van der Waals surface area contributed by atoms with E-state index in [-0.39, 0.29) is 0 Å². The highest BCUT2D eigenvalue weighted by molar-refractivity contribution is 6.34. The quantitative estimate of drug-likeness (QED) is 0.823. The van der Waals surface area contributed by atoms with E-state index in [4.69, 9.17) is 16.9 Å². The number of nitrogens with zero attached hydrogens (tertiary/aromatic N) is 3. The Morgan fingerprint density at radius 3 is 2.88 bits per heavy atom. The van der Waals surface area contributed by atoms with Crippen LogP contribution in [-0.2, 0) is 0 Å². The highest BCUT2D eigenvalue weighted by atomic mass is 35.5. The fourth-order valence-corrected chi connectivity index (χ4v) is 2.37. The monoisotopic (exact) mass is 249 g/mol. The predicted molar refractivity (Wildman–Crippen MR) is 69.2 cm³/mol. The van der Waals surface area contributed by atoms with Gasteiger partial charge in [-0.3, -0.25) is 0 Å². The molecule has 2 rings (SSSR count). The summed E-state index contributed by atoms with van der Waals surface area (Å²) < 4.78 is 0. The van der Waals surface area contributed by atoms with Crippen molar-refractivity contribution in [2.24, 2.45) is 5.92 Å². The van der Waals surface area contributed by atoms with Gasteiger partial charge in [0.1, 0.15) is 16.9 Å². The molecule has 0 aliphatic heterocycles. The first-order valence-corrected chi connectivity index (χ1v) is 6.43. The lowest BCUT2D eigenvalue weighted by molar-refractivity contribution is 0.318. The molecule has 1 fully saturated rings. The van der Waals surface area contributed by atoms with Gasteiger partial charge in [-0.25, -0.2) is 4.98 Å². The van der Waals surface area contributed by atoms with Gasteiger partial charge in [0.05, 0.1) is 5.56 Å². The molecule has 1 aliphatic carbocycles. The van der Waals surface area contributed by atoms with E-state index in [1.54, 1.807) is 12.3 Å². The third-order valence-corrected chi connectivity index (χ3v) is 3.75. The van der Waals surface area contributed by atoms with Gasteiger partial charge in [-0.1, -0.05) is 18.0 Å². The second kappa shape index (κ2) is 5.37. The summed E-state index contributed by atoms with van der Waals surface area (Å²) in [5, 5.41) is 9.44. The van der Waals surface area contributed by atoms with Crippen molar-refractivity contribution in [2.75, 3.05) is 18.0 Å². The van der Waals surface area contributed by atoms with Gasteiger partial charge < -0.3 is 4.90 Å². The lowest BCUT2D eigenvalue weighted by atomic mass is 9.85. The Morgan fingerprint density at radius 2 is 2.35 bits per heavy atom. The van der Waals surface area contributed by atoms with Crippen LogP contribution < -0.4 is 4.90 Å². The van der Waals surface area contributed by atoms with E-state index < -0.39 is 0 Å². The zero-order valence-corrected chi connectivity index (χ0v) is 10.7. The molecule has 0 radical (unpaired) electrons. The molecule has 4 heteroatoms. The van der Waals surface area contributed by atoms with E-state index in [9.17, 15) is 0 Å². The van der Waals surface area contributed by atoms with E-state index in [2.05, 4.69) is 22.9 Å². The maximum atomic E-state index is 8.96. The number of hydrogen-bond donors (Lipinski definition) is 0. The van der Waals surface area contributed by atoms with Crippen LogP contribution in [0, 0.1) is 17.2 Å². The lowest BCUT2D eigenvalue weighted by Gasteiger charge is -2.32. The average Bonchev–Trinajstić information content (AvgIpc) is 2.29. The van der Waals surface area contributed by atoms with Gasteiger partial charge >= 0.3 is 0 Å². The standard InChI is InChI=1S/C13H16ClN3/c1-2-17(9-10-4-3-5-10)13-12(14)11(8-15)6-7-16-13/h6-7,10H,2-5,9H2,1H3. The lowest BCUT2D eigenvalue weighted by Crippen LogP contribution is -2.33. The minimum Gasteiger partial charge on any atom is -0.355 e. The van der Waals surface area contributed by atoms with E-state index in [1.165, 1.54) is 19.3 Å². The average molecular weight is 250 g/mol. The van der Waals surface area contributed by atoms with Crippen LogP contribution in [0.15, 0.2) is 12.3 Å². The van der Waals surface area contributed by atoms with Crippen molar-refractivity contribution in [3.05, 3.63) is 22.8 Å². The molecule has 1 aromatic heterocycles. The van der Waals surface area contributed by atoms with Crippen LogP contribution in [0.4, 0.5) is 5.82 Å². The summed E-state index contributed by atoms with van der Waals surface area (Å²) in [6.45, 7) is 3.96. The van der Waals surface area contributed by atoms with E-state index in [0.29, 0.717) is 10.6 Å². The first-order chi connectivity index (χ1) is 8.26. The van der Waals surface area contributed by atoms with Crippen molar-refractivity contribution in [1.82, 2.24) is 4.98 Å². The fourth-order valence-electron chi connectivity index (χ4n) is 2.09. The number of nitriles is 1. The Hall–Kier alpha value is -1.27. The summed E-state index contributed by atoms with van der Waals surface area (Å²) in [6.07, 6.45) is 5.59. The number of hydrogen-bond acceptors (Lipinski definition) is 3. The number of anilines is 1. The third kappa shape index (κ3) is 2.53. The topological polar surface area (TPSA) is 39.9 Å². The van der Waals surface area contributed by atoms with E-state index >= 15 is 0 Å². The van der Waals surface area contributed by atoms with Gasteiger partial charge in [0.2, 0.25) is 0 Å². The van der Waals surface area contributed by atoms with Gasteiger partial charge in [0.15, 0.2) is 0 Å². The van der Waals surface area contributed by atoms with Crippen molar-refractivity contribution < 1.29 is 0 Å². The molecule has 1 heterocycles. The first kappa shape index (κ1) is 12.2. The van der Waals surface area contributed by atoms with E-state index in [0.717, 1.165) is 24.8 Å². The van der Waals surface area contributed by atoms with Gasteiger partial charge in [0, 0.05) is 19.3 Å². The Morgan fingerprint density at radius 1 is 1.59 bits per heavy atom. The Balaban J connectivity index is 2.20. The first-order valence-electron chi connectivity index (χ1n) is 6.05. The van der Waals surface area contributed by atoms with Crippen LogP contribution in [0.2, 0.25) is 5.02 Å². The third-order valence-electron chi connectivity index (χ3n) is 3.38. The highest BCUT2D eigenvalue weighted by Gasteiger charge is 2.22. The second-order valence-electron chi connectivity index (χ2n) is 4.44. The van der Waals surface area contributed by atoms with Gasteiger partial charge in [-0.05, 0) is 31.7 Å². The van der Waals surface area contributed by atoms with Crippen LogP contribution >= 0.6 is 11.6 Å². The molecule has 3 nitrogen and oxygen atoms in total. The molecule has 0 spiro atoms. The summed E-state index contributed by atoms with van der Waals surface area (Å²) in [7, 11) is 0. The Labute approximate surface area is 107 Å². The number of aromatic nitrogens is 1. The molecule has 0 aromatic carbocycles. The van der Waals surface area contributed by atoms with Crippen molar-refractivity contribution in [2.45, 2.75) is 26.2 Å². The fraction of sp³-hybridized carbons (Fsp3) is 0.538. The van der Waals surface area contributed by atoms with Gasteiger partial charge in [-0.2, -0.15) is 5.26 Å². The molecule has 0 bridgehead atoms. The zero-order chi connectivity index (χ0) is 12.3. The molecule has 1 aliphatic rings. The number of halogens is 1. The van der Waals surface area contributed by atoms with E-state index in [1.807, 2.05) is 0 Å². The molecular weight excluding hydrogens is 234 g/mol. The zero-order valence-electron chi connectivity index (χ0n) is 9.99. The van der Waals surface area contributed by atoms with Crippen LogP contribution in [-0.4, -0.2) is 18.1 Å². The minimum absolute atomic E-state index is 0.483. The minimum atomic E-state index is 0.483. The van der Waals surface area contributed by atoms with Crippen LogP contribution in [0.1, 0.15) is 31.7 Å². The Kier molecular flexibility index (Phi) is 3.86. The molecule has 0 saturated heterocycles. The van der Waals surface area contributed by atoms with Crippen LogP contribution in [0.3, 0.4) is 0 Å². The van der Waals surface area contributed by atoms with Gasteiger partial charge in [0.25, 0.3) is 0 Å². The van der Waals surface area contributed by atoms with Crippen molar-refractivity contribution >= 4 is 17.4 Å². The smallest absolute Gasteiger partial charge is 0.148 e. The largest absolute Gasteiger partial charge is 0.355 e. The summed E-state index contributed by atoms with van der Waals surface area (Å²) >= 11 is 6.20. The molecule has 90 valence electrons. The maximum absolute atomic E-state index is 8.96. The maximum Gasteiger partial charge on any atom is 0.148 e. The SMILES string of the molecule is CCN(CC1CCC1)c1nccc(C#N)c1Cl. The molecule has 0 atom stereocenters. The number of pyridine rings is 1. The Bertz CT molecular complexity index is 435. The number of rotatable bonds is 4. The van der Waals surface area contributed by atoms with Crippen LogP contribution in [0.25, 0.3) is 0 Å². The molecule has 0 unspecified atom stereocenters. The summed E-state index contributed by atoms with van der Waals surface area (Å²) in [4.78, 5) is 6.49. The summed E-state index contributed by atoms with van der Waals surface area (Å²) in [5.41, 5.74) is 0.503. The normalized spacial score (nSPS) is 15.1. The predicted octanol–water partition coefficient (Wildman–Crippen LogP) is 3.23. The molecular formula is C13H16ClN3. The summed E-state index contributed by atoms with van der Waals surface area (Å²) in [5.74, 6) is 1.51. The summed E-state index contributed by atoms with van der Waals surface area (Å²) in [6, 6.07) is 3.75. The van der Waals surface area contributed by atoms with Crippen molar-refractivity contribution in [3.63, 3.8) is 0 Å². The second-order valence-corrected chi connectivity index (χ2v) is 4.82. The molecule has 1 saturated carbocycles. The van der Waals surface area contributed by atoms with Crippen LogP contribution in [0.5, 0.6) is 0 Å². The highest BCUT2D eigenvalue weighted by Crippen LogP contribution is 2.31.